The Morgan fingerprint density at radius 3 is 2.40 bits per heavy atom. The second-order valence-corrected chi connectivity index (χ2v) is 19.8. The molecule has 0 aliphatic carbocycles. The summed E-state index contributed by atoms with van der Waals surface area (Å²) in [4.78, 5) is 3.88. The molecule has 0 bridgehead atoms. The lowest BCUT2D eigenvalue weighted by molar-refractivity contribution is 0.123. The normalized spacial score (nSPS) is 28.4. The van der Waals surface area contributed by atoms with Crippen LogP contribution in [0.25, 0.3) is 0 Å². The van der Waals surface area contributed by atoms with E-state index in [9.17, 15) is 0 Å². The van der Waals surface area contributed by atoms with E-state index in [1.807, 2.05) is 11.8 Å². The van der Waals surface area contributed by atoms with Gasteiger partial charge in [0.1, 0.15) is 8.24 Å². The first kappa shape index (κ1) is 23.6. The maximum Gasteiger partial charge on any atom is 0.500 e. The van der Waals surface area contributed by atoms with Crippen LogP contribution < -0.4 is 9.63 Å². The molecule has 0 aromatic carbocycles. The summed E-state index contributed by atoms with van der Waals surface area (Å²) in [7, 11) is -0.411. The van der Waals surface area contributed by atoms with Gasteiger partial charge in [0.25, 0.3) is 0 Å². The monoisotopic (exact) mass is 422 g/mol. The number of thioether (sulfide) groups is 1. The van der Waals surface area contributed by atoms with Crippen LogP contribution in [0.1, 0.15) is 19.3 Å². The quantitative estimate of drug-likeness (QED) is 0.393. The van der Waals surface area contributed by atoms with Crippen LogP contribution in [-0.2, 0) is 13.3 Å². The summed E-state index contributed by atoms with van der Waals surface area (Å²) in [5, 5.41) is 0. The number of hydrogen-bond donors (Lipinski definition) is 2. The summed E-state index contributed by atoms with van der Waals surface area (Å²) in [5.41, 5.74) is 2.24. The van der Waals surface area contributed by atoms with Gasteiger partial charge in [-0.1, -0.05) is 18.7 Å². The van der Waals surface area contributed by atoms with E-state index in [0.717, 1.165) is 24.8 Å². The Balaban J connectivity index is 2.36. The predicted octanol–water partition coefficient (Wildman–Crippen LogP) is 3.33. The van der Waals surface area contributed by atoms with Crippen LogP contribution in [-0.4, -0.2) is 64.8 Å². The van der Waals surface area contributed by atoms with Crippen molar-refractivity contribution in [3.63, 3.8) is 0 Å². The first-order valence-electron chi connectivity index (χ1n) is 9.28. The first-order chi connectivity index (χ1) is 11.9. The van der Waals surface area contributed by atoms with Crippen molar-refractivity contribution in [2.75, 3.05) is 39.4 Å². The van der Waals surface area contributed by atoms with Crippen molar-refractivity contribution in [1.29, 1.82) is 0 Å². The Morgan fingerprint density at radius 1 is 1.12 bits per heavy atom. The van der Waals surface area contributed by atoms with Gasteiger partial charge in [-0.05, 0) is 49.5 Å². The van der Waals surface area contributed by atoms with Crippen molar-refractivity contribution in [3.8, 4) is 0 Å². The Bertz CT molecular complexity index is 397. The maximum absolute atomic E-state index is 5.48. The maximum atomic E-state index is 5.48. The van der Waals surface area contributed by atoms with Crippen LogP contribution in [0.2, 0.25) is 31.2 Å². The summed E-state index contributed by atoms with van der Waals surface area (Å²) in [6.45, 7) is 10.2. The highest BCUT2D eigenvalue weighted by Gasteiger charge is 2.38. The van der Waals surface area contributed by atoms with Gasteiger partial charge in [0.15, 0.2) is 8.40 Å². The topological polar surface area (TPSA) is 51.8 Å². The molecule has 9 heteroatoms. The second kappa shape index (κ2) is 11.4. The molecule has 25 heavy (non-hydrogen) atoms. The van der Waals surface area contributed by atoms with E-state index in [1.165, 1.54) is 30.7 Å². The highest BCUT2D eigenvalue weighted by atomic mass is 32.2. The zero-order valence-electron chi connectivity index (χ0n) is 16.8. The van der Waals surface area contributed by atoms with E-state index >= 15 is 0 Å². The van der Waals surface area contributed by atoms with Crippen LogP contribution in [0.15, 0.2) is 12.3 Å². The lowest BCUT2D eigenvalue weighted by Crippen LogP contribution is -2.69. The molecule has 1 aliphatic rings. The van der Waals surface area contributed by atoms with Gasteiger partial charge in [-0.25, -0.2) is 0 Å². The molecule has 0 amide bonds. The molecule has 1 saturated heterocycles. The Morgan fingerprint density at radius 2 is 1.80 bits per heavy atom. The average molecular weight is 423 g/mol. The molecule has 0 aromatic heterocycles. The molecule has 0 spiro atoms. The van der Waals surface area contributed by atoms with E-state index in [2.05, 4.69) is 35.0 Å². The van der Waals surface area contributed by atoms with Crippen LogP contribution in [0.4, 0.5) is 0 Å². The van der Waals surface area contributed by atoms with Crippen LogP contribution in [0, 0.1) is 0 Å². The lowest BCUT2D eigenvalue weighted by atomic mass is 10.3. The summed E-state index contributed by atoms with van der Waals surface area (Å²) < 4.78 is 20.5. The zero-order chi connectivity index (χ0) is 18.8. The highest BCUT2D eigenvalue weighted by molar-refractivity contribution is 7.99. The van der Waals surface area contributed by atoms with E-state index in [4.69, 9.17) is 13.3 Å². The summed E-state index contributed by atoms with van der Waals surface area (Å²) in [6, 6.07) is 3.47. The largest absolute Gasteiger partial charge is 0.500 e. The van der Waals surface area contributed by atoms with Gasteiger partial charge in [-0.2, -0.15) is 11.8 Å². The van der Waals surface area contributed by atoms with Crippen molar-refractivity contribution in [1.82, 2.24) is 9.63 Å². The third-order valence-corrected chi connectivity index (χ3v) is 18.4. The van der Waals surface area contributed by atoms with Crippen LogP contribution in [0.3, 0.4) is 0 Å². The SMILES string of the molecule is C=C[Si]1(C)CCCCN[Si](C)(CCSCCC[Si](OC)(OC)OC)N1. The third-order valence-electron chi connectivity index (χ3n) is 5.10. The molecule has 0 saturated carbocycles. The molecule has 1 heterocycles. The van der Waals surface area contributed by atoms with Crippen molar-refractivity contribution < 1.29 is 13.3 Å². The third kappa shape index (κ3) is 7.98. The Hall–Kier alpha value is 0.541. The van der Waals surface area contributed by atoms with Crippen molar-refractivity contribution >= 4 is 37.2 Å². The predicted molar refractivity (Wildman–Crippen MR) is 117 cm³/mol. The van der Waals surface area contributed by atoms with Gasteiger partial charge < -0.3 is 22.9 Å². The standard InChI is InChI=1S/C16H38N2O3SSi3/c1-7-23(5)14-9-8-11-17-24(6,18-23)16-13-22-12-10-15-25(19-2,20-3)21-4/h7,17-18H,1,8-16H2,2-6H3. The van der Waals surface area contributed by atoms with E-state index < -0.39 is 25.4 Å². The summed E-state index contributed by atoms with van der Waals surface area (Å²) in [5.74, 6) is 2.33. The molecule has 0 radical (unpaired) electrons. The molecule has 2 unspecified atom stereocenters. The Labute approximate surface area is 162 Å². The van der Waals surface area contributed by atoms with E-state index in [0.29, 0.717) is 0 Å². The first-order valence-corrected chi connectivity index (χ1v) is 17.9. The molecule has 5 nitrogen and oxygen atoms in total. The fraction of sp³-hybridized carbons (Fsp3) is 0.875. The fourth-order valence-corrected chi connectivity index (χ4v) is 17.0. The molecule has 0 aromatic rings. The molecule has 2 N–H and O–H groups in total. The van der Waals surface area contributed by atoms with Gasteiger partial charge >= 0.3 is 8.80 Å². The molecule has 148 valence electrons. The smallest absolute Gasteiger partial charge is 0.377 e. The Kier molecular flexibility index (Phi) is 10.8. The van der Waals surface area contributed by atoms with Crippen molar-refractivity contribution in [2.24, 2.45) is 0 Å². The van der Waals surface area contributed by atoms with Crippen molar-refractivity contribution in [3.05, 3.63) is 12.3 Å². The van der Waals surface area contributed by atoms with Crippen LogP contribution in [0.5, 0.6) is 0 Å². The lowest BCUT2D eigenvalue weighted by Gasteiger charge is -2.40. The molecule has 1 rings (SSSR count). The van der Waals surface area contributed by atoms with Gasteiger partial charge in [0.05, 0.1) is 0 Å². The summed E-state index contributed by atoms with van der Waals surface area (Å²) in [6.07, 6.45) is 3.69. The van der Waals surface area contributed by atoms with Gasteiger partial charge in [0, 0.05) is 27.4 Å². The summed E-state index contributed by atoms with van der Waals surface area (Å²) >= 11 is 2.04. The van der Waals surface area contributed by atoms with E-state index in [1.54, 1.807) is 21.3 Å². The van der Waals surface area contributed by atoms with Crippen LogP contribution >= 0.6 is 11.8 Å². The van der Waals surface area contributed by atoms with Gasteiger partial charge in [0.2, 0.25) is 0 Å². The zero-order valence-corrected chi connectivity index (χ0v) is 20.6. The molecular weight excluding hydrogens is 385 g/mol. The minimum atomic E-state index is -2.40. The fourth-order valence-electron chi connectivity index (χ4n) is 3.35. The molecular formula is C16H38N2O3SSi3. The number of hydrogen-bond acceptors (Lipinski definition) is 6. The molecule has 1 fully saturated rings. The number of rotatable bonds is 11. The highest BCUT2D eigenvalue weighted by Crippen LogP contribution is 2.21. The van der Waals surface area contributed by atoms with Gasteiger partial charge in [-0.15, -0.1) is 6.58 Å². The minimum Gasteiger partial charge on any atom is -0.377 e. The number of nitrogens with one attached hydrogen (secondary N) is 2. The molecule has 2 atom stereocenters. The molecule has 1 aliphatic heterocycles. The average Bonchev–Trinajstić information content (AvgIpc) is 2.60. The minimum absolute atomic E-state index is 0.885. The second-order valence-electron chi connectivity index (χ2n) is 7.22. The van der Waals surface area contributed by atoms with Crippen molar-refractivity contribution in [2.45, 2.75) is 50.5 Å². The van der Waals surface area contributed by atoms with Gasteiger partial charge in [-0.3, -0.25) is 0 Å². The van der Waals surface area contributed by atoms with E-state index in [-0.39, 0.29) is 0 Å².